The number of nitrogens with two attached hydrogens (primary N) is 1. The third-order valence-electron chi connectivity index (χ3n) is 4.12. The molecule has 1 aromatic carbocycles. The Labute approximate surface area is 117 Å². The quantitative estimate of drug-likeness (QED) is 0.855. The van der Waals surface area contributed by atoms with Crippen molar-refractivity contribution < 1.29 is 0 Å². The average Bonchev–Trinajstić information content (AvgIpc) is 2.43. The summed E-state index contributed by atoms with van der Waals surface area (Å²) in [5.74, 6) is 0. The van der Waals surface area contributed by atoms with Crippen LogP contribution < -0.4 is 11.1 Å². The van der Waals surface area contributed by atoms with Crippen molar-refractivity contribution in [3.63, 3.8) is 0 Å². The fraction of sp³-hybridized carbons (Fsp3) is 0.625. The molecule has 1 aliphatic rings. The molecule has 0 atom stereocenters. The summed E-state index contributed by atoms with van der Waals surface area (Å²) in [5.41, 5.74) is 9.78. The summed E-state index contributed by atoms with van der Waals surface area (Å²) in [6, 6.07) is 7.20. The largest absolute Gasteiger partial charge is 0.382 e. The van der Waals surface area contributed by atoms with Crippen LogP contribution in [0.2, 0.25) is 0 Å². The lowest BCUT2D eigenvalue weighted by atomic mass is 10.0. The molecule has 3 nitrogen and oxygen atoms in total. The summed E-state index contributed by atoms with van der Waals surface area (Å²) in [5, 5.41) is 3.77. The van der Waals surface area contributed by atoms with Crippen LogP contribution in [-0.4, -0.2) is 37.1 Å². The molecule has 0 aromatic heterocycles. The van der Waals surface area contributed by atoms with Crippen LogP contribution in [-0.2, 0) is 6.42 Å². The van der Waals surface area contributed by atoms with Crippen molar-refractivity contribution in [2.45, 2.75) is 39.2 Å². The second-order valence-corrected chi connectivity index (χ2v) is 5.51. The maximum atomic E-state index is 5.62. The highest BCUT2D eigenvalue weighted by atomic mass is 15.1. The van der Waals surface area contributed by atoms with Crippen molar-refractivity contribution in [2.75, 3.05) is 31.5 Å². The lowest BCUT2D eigenvalue weighted by molar-refractivity contribution is 0.224. The van der Waals surface area contributed by atoms with Gasteiger partial charge in [0.1, 0.15) is 0 Å². The van der Waals surface area contributed by atoms with Gasteiger partial charge in [-0.1, -0.05) is 25.1 Å². The van der Waals surface area contributed by atoms with Gasteiger partial charge < -0.3 is 16.0 Å². The first kappa shape index (κ1) is 14.4. The highest BCUT2D eigenvalue weighted by Crippen LogP contribution is 2.24. The second kappa shape index (κ2) is 6.92. The molecule has 1 fully saturated rings. The predicted octanol–water partition coefficient (Wildman–Crippen LogP) is 2.39. The lowest BCUT2D eigenvalue weighted by Crippen LogP contribution is -2.41. The zero-order valence-electron chi connectivity index (χ0n) is 12.3. The van der Waals surface area contributed by atoms with Gasteiger partial charge in [-0.15, -0.1) is 0 Å². The first-order valence-electron chi connectivity index (χ1n) is 7.52. The minimum Gasteiger partial charge on any atom is -0.382 e. The van der Waals surface area contributed by atoms with Gasteiger partial charge in [-0.05, 0) is 37.3 Å². The number of nitrogens with zero attached hydrogens (tertiary/aromatic N) is 1. The van der Waals surface area contributed by atoms with Gasteiger partial charge in [0, 0.05) is 37.9 Å². The van der Waals surface area contributed by atoms with Gasteiger partial charge in [-0.25, -0.2) is 0 Å². The average molecular weight is 261 g/mol. The van der Waals surface area contributed by atoms with E-state index >= 15 is 0 Å². The number of hydrogen-bond acceptors (Lipinski definition) is 3. The standard InChI is InChI=1S/C16H27N3/c1-3-14-6-4-5-13(2)16(14)18-15-7-10-19(11-8-15)12-9-17/h4-6,15,18H,3,7-12,17H2,1-2H3. The molecule has 0 bridgehead atoms. The Bertz CT molecular complexity index is 395. The van der Waals surface area contributed by atoms with Crippen LogP contribution >= 0.6 is 0 Å². The van der Waals surface area contributed by atoms with Crippen LogP contribution in [0.3, 0.4) is 0 Å². The third kappa shape index (κ3) is 3.71. The molecule has 106 valence electrons. The Balaban J connectivity index is 1.96. The van der Waals surface area contributed by atoms with Crippen molar-refractivity contribution in [2.24, 2.45) is 5.73 Å². The molecule has 0 amide bonds. The monoisotopic (exact) mass is 261 g/mol. The first-order valence-corrected chi connectivity index (χ1v) is 7.52. The fourth-order valence-corrected chi connectivity index (χ4v) is 2.92. The van der Waals surface area contributed by atoms with Gasteiger partial charge in [-0.2, -0.15) is 0 Å². The summed E-state index contributed by atoms with van der Waals surface area (Å²) in [6.07, 6.45) is 3.53. The van der Waals surface area contributed by atoms with E-state index in [1.165, 1.54) is 42.7 Å². The molecule has 0 radical (unpaired) electrons. The Morgan fingerprint density at radius 1 is 1.32 bits per heavy atom. The molecule has 1 aromatic rings. The summed E-state index contributed by atoms with van der Waals surface area (Å²) >= 11 is 0. The van der Waals surface area contributed by atoms with Crippen molar-refractivity contribution in [1.82, 2.24) is 4.90 Å². The smallest absolute Gasteiger partial charge is 0.0404 e. The van der Waals surface area contributed by atoms with E-state index in [-0.39, 0.29) is 0 Å². The topological polar surface area (TPSA) is 41.3 Å². The van der Waals surface area contributed by atoms with Crippen LogP contribution in [0.25, 0.3) is 0 Å². The number of rotatable bonds is 5. The number of hydrogen-bond donors (Lipinski definition) is 2. The van der Waals surface area contributed by atoms with Gasteiger partial charge in [0.2, 0.25) is 0 Å². The molecular weight excluding hydrogens is 234 g/mol. The van der Waals surface area contributed by atoms with E-state index in [9.17, 15) is 0 Å². The molecule has 0 saturated carbocycles. The predicted molar refractivity (Wildman–Crippen MR) is 82.7 cm³/mol. The molecule has 0 spiro atoms. The van der Waals surface area contributed by atoms with Crippen LogP contribution in [0.5, 0.6) is 0 Å². The maximum absolute atomic E-state index is 5.62. The van der Waals surface area contributed by atoms with Gasteiger partial charge in [0.25, 0.3) is 0 Å². The van der Waals surface area contributed by atoms with E-state index in [0.29, 0.717) is 6.04 Å². The van der Waals surface area contributed by atoms with Crippen LogP contribution in [0, 0.1) is 6.92 Å². The van der Waals surface area contributed by atoms with E-state index in [0.717, 1.165) is 19.5 Å². The minimum absolute atomic E-state index is 0.612. The van der Waals surface area contributed by atoms with E-state index < -0.39 is 0 Å². The summed E-state index contributed by atoms with van der Waals surface area (Å²) in [7, 11) is 0. The molecule has 0 aliphatic carbocycles. The molecule has 0 unspecified atom stereocenters. The Morgan fingerprint density at radius 3 is 2.68 bits per heavy atom. The van der Waals surface area contributed by atoms with Crippen molar-refractivity contribution >= 4 is 5.69 Å². The number of aryl methyl sites for hydroxylation is 2. The molecule has 3 N–H and O–H groups in total. The Morgan fingerprint density at radius 2 is 2.05 bits per heavy atom. The first-order chi connectivity index (χ1) is 9.24. The van der Waals surface area contributed by atoms with Gasteiger partial charge in [0.15, 0.2) is 0 Å². The van der Waals surface area contributed by atoms with Crippen LogP contribution in [0.15, 0.2) is 18.2 Å². The molecule has 2 rings (SSSR count). The molecule has 19 heavy (non-hydrogen) atoms. The summed E-state index contributed by atoms with van der Waals surface area (Å²) in [6.45, 7) is 8.58. The molecule has 3 heteroatoms. The number of para-hydroxylation sites is 1. The van der Waals surface area contributed by atoms with Gasteiger partial charge in [-0.3, -0.25) is 0 Å². The highest BCUT2D eigenvalue weighted by Gasteiger charge is 2.19. The Hall–Kier alpha value is -1.06. The molecule has 1 heterocycles. The number of likely N-dealkylation sites (tertiary alicyclic amines) is 1. The van der Waals surface area contributed by atoms with E-state index in [4.69, 9.17) is 5.73 Å². The molecule has 1 saturated heterocycles. The van der Waals surface area contributed by atoms with Crippen molar-refractivity contribution in [3.8, 4) is 0 Å². The van der Waals surface area contributed by atoms with Crippen molar-refractivity contribution in [3.05, 3.63) is 29.3 Å². The summed E-state index contributed by atoms with van der Waals surface area (Å²) in [4.78, 5) is 2.47. The number of benzene rings is 1. The highest BCUT2D eigenvalue weighted by molar-refractivity contribution is 5.57. The van der Waals surface area contributed by atoms with E-state index in [2.05, 4.69) is 42.3 Å². The zero-order chi connectivity index (χ0) is 13.7. The van der Waals surface area contributed by atoms with Gasteiger partial charge >= 0.3 is 0 Å². The van der Waals surface area contributed by atoms with Crippen LogP contribution in [0.1, 0.15) is 30.9 Å². The zero-order valence-corrected chi connectivity index (χ0v) is 12.3. The lowest BCUT2D eigenvalue weighted by Gasteiger charge is -2.33. The number of nitrogens with one attached hydrogen (secondary N) is 1. The minimum atomic E-state index is 0.612. The normalized spacial score (nSPS) is 17.6. The maximum Gasteiger partial charge on any atom is 0.0404 e. The Kier molecular flexibility index (Phi) is 5.23. The van der Waals surface area contributed by atoms with E-state index in [1.807, 2.05) is 0 Å². The third-order valence-corrected chi connectivity index (χ3v) is 4.12. The molecular formula is C16H27N3. The van der Waals surface area contributed by atoms with Crippen molar-refractivity contribution in [1.29, 1.82) is 0 Å². The number of piperidine rings is 1. The number of anilines is 1. The van der Waals surface area contributed by atoms with Crippen LogP contribution in [0.4, 0.5) is 5.69 Å². The fourth-order valence-electron chi connectivity index (χ4n) is 2.92. The van der Waals surface area contributed by atoms with Gasteiger partial charge in [0.05, 0.1) is 0 Å². The molecule has 1 aliphatic heterocycles. The summed E-state index contributed by atoms with van der Waals surface area (Å²) < 4.78 is 0. The SMILES string of the molecule is CCc1cccc(C)c1NC1CCN(CCN)CC1. The second-order valence-electron chi connectivity index (χ2n) is 5.51. The van der Waals surface area contributed by atoms with E-state index in [1.54, 1.807) is 0 Å².